The summed E-state index contributed by atoms with van der Waals surface area (Å²) in [6, 6.07) is 0.342. The minimum Gasteiger partial charge on any atom is -0.376 e. The van der Waals surface area contributed by atoms with E-state index in [0.29, 0.717) is 17.7 Å². The topological polar surface area (TPSA) is 73.2 Å². The van der Waals surface area contributed by atoms with Crippen LogP contribution in [0.4, 0.5) is 0 Å². The maximum absolute atomic E-state index is 13.3. The Hall–Kier alpha value is -1.38. The highest BCUT2D eigenvalue weighted by molar-refractivity contribution is 7.99. The summed E-state index contributed by atoms with van der Waals surface area (Å²) in [6.07, 6.45) is 4.99. The number of aromatic nitrogens is 2. The molecule has 0 bridgehead atoms. The largest absolute Gasteiger partial charge is 0.376 e. The van der Waals surface area contributed by atoms with E-state index in [4.69, 9.17) is 9.72 Å². The standard InChI is InChI=1S/C19H25N3O3S2/c1-3-14-11(2)27-17-16(14)18(24)22(9-13-5-4-8-25-13)19(21-17)26-10-15(23)20-12-6-7-12/h12-13H,3-10H2,1-2H3,(H,20,23)/t13-/m1/s1. The zero-order valence-corrected chi connectivity index (χ0v) is 17.4. The number of thiophene rings is 1. The van der Waals surface area contributed by atoms with E-state index in [0.717, 1.165) is 59.4 Å². The third-order valence-electron chi connectivity index (χ3n) is 5.12. The molecule has 0 unspecified atom stereocenters. The van der Waals surface area contributed by atoms with Crippen LogP contribution in [0.15, 0.2) is 9.95 Å². The lowest BCUT2D eigenvalue weighted by Crippen LogP contribution is -2.30. The number of nitrogens with one attached hydrogen (secondary N) is 1. The number of hydrogen-bond acceptors (Lipinski definition) is 6. The van der Waals surface area contributed by atoms with Gasteiger partial charge >= 0.3 is 0 Å². The van der Waals surface area contributed by atoms with Crippen LogP contribution in [0.3, 0.4) is 0 Å². The molecule has 0 spiro atoms. The molecule has 1 aliphatic carbocycles. The lowest BCUT2D eigenvalue weighted by molar-refractivity contribution is -0.118. The van der Waals surface area contributed by atoms with Crippen LogP contribution >= 0.6 is 23.1 Å². The molecular weight excluding hydrogens is 382 g/mol. The average molecular weight is 408 g/mol. The van der Waals surface area contributed by atoms with Crippen molar-refractivity contribution >= 4 is 39.2 Å². The number of carbonyl (C=O) groups excluding carboxylic acids is 1. The molecule has 146 valence electrons. The molecule has 1 saturated heterocycles. The molecule has 27 heavy (non-hydrogen) atoms. The summed E-state index contributed by atoms with van der Waals surface area (Å²) in [5, 5.41) is 4.36. The van der Waals surface area contributed by atoms with E-state index >= 15 is 0 Å². The van der Waals surface area contributed by atoms with E-state index in [-0.39, 0.29) is 23.3 Å². The fourth-order valence-corrected chi connectivity index (χ4v) is 5.52. The lowest BCUT2D eigenvalue weighted by Gasteiger charge is -2.16. The molecule has 1 atom stereocenters. The molecular formula is C19H25N3O3S2. The number of rotatable bonds is 7. The van der Waals surface area contributed by atoms with Crippen LogP contribution in [0.2, 0.25) is 0 Å². The summed E-state index contributed by atoms with van der Waals surface area (Å²) in [5.41, 5.74) is 1.10. The molecule has 2 aliphatic rings. The van der Waals surface area contributed by atoms with Gasteiger partial charge in [-0.05, 0) is 44.6 Å². The van der Waals surface area contributed by atoms with Crippen LogP contribution in [0.25, 0.3) is 10.2 Å². The van der Waals surface area contributed by atoms with Crippen LogP contribution in [0.5, 0.6) is 0 Å². The van der Waals surface area contributed by atoms with Gasteiger partial charge in [-0.25, -0.2) is 4.98 Å². The molecule has 6 nitrogen and oxygen atoms in total. The van der Waals surface area contributed by atoms with Gasteiger partial charge in [-0.2, -0.15) is 0 Å². The second-order valence-corrected chi connectivity index (χ2v) is 9.39. The van der Waals surface area contributed by atoms with Gasteiger partial charge < -0.3 is 10.1 Å². The Bertz CT molecular complexity index is 911. The normalized spacial score (nSPS) is 19.7. The van der Waals surface area contributed by atoms with Crippen LogP contribution < -0.4 is 10.9 Å². The molecule has 1 N–H and O–H groups in total. The number of nitrogens with zero attached hydrogens (tertiary/aromatic N) is 2. The number of fused-ring (bicyclic) bond motifs is 1. The molecule has 1 saturated carbocycles. The summed E-state index contributed by atoms with van der Waals surface area (Å²) in [7, 11) is 0. The molecule has 0 radical (unpaired) electrons. The van der Waals surface area contributed by atoms with Gasteiger partial charge in [-0.1, -0.05) is 18.7 Å². The predicted molar refractivity (Wildman–Crippen MR) is 109 cm³/mol. The predicted octanol–water partition coefficient (Wildman–Crippen LogP) is 2.88. The highest BCUT2D eigenvalue weighted by atomic mass is 32.2. The van der Waals surface area contributed by atoms with E-state index in [1.165, 1.54) is 11.8 Å². The molecule has 2 aromatic rings. The highest BCUT2D eigenvalue weighted by Crippen LogP contribution is 2.30. The molecule has 1 amide bonds. The molecule has 0 aromatic carbocycles. The van der Waals surface area contributed by atoms with Crippen molar-refractivity contribution in [3.05, 3.63) is 20.8 Å². The van der Waals surface area contributed by atoms with Crippen molar-refractivity contribution in [1.82, 2.24) is 14.9 Å². The first kappa shape index (κ1) is 19.0. The Labute approximate surface area is 166 Å². The van der Waals surface area contributed by atoms with Gasteiger partial charge in [-0.15, -0.1) is 11.3 Å². The minimum absolute atomic E-state index is 0.00167. The number of amides is 1. The van der Waals surface area contributed by atoms with Crippen molar-refractivity contribution in [2.45, 2.75) is 69.8 Å². The van der Waals surface area contributed by atoms with Crippen molar-refractivity contribution in [3.8, 4) is 0 Å². The summed E-state index contributed by atoms with van der Waals surface area (Å²) >= 11 is 2.92. The first-order chi connectivity index (χ1) is 13.1. The van der Waals surface area contributed by atoms with Gasteiger partial charge in [0.2, 0.25) is 5.91 Å². The highest BCUT2D eigenvalue weighted by Gasteiger charge is 2.25. The van der Waals surface area contributed by atoms with Gasteiger partial charge in [0.25, 0.3) is 5.56 Å². The van der Waals surface area contributed by atoms with Crippen molar-refractivity contribution in [2.75, 3.05) is 12.4 Å². The van der Waals surface area contributed by atoms with Gasteiger partial charge in [0, 0.05) is 17.5 Å². The zero-order valence-electron chi connectivity index (χ0n) is 15.7. The van der Waals surface area contributed by atoms with Gasteiger partial charge in [0.1, 0.15) is 4.83 Å². The number of thioether (sulfide) groups is 1. The summed E-state index contributed by atoms with van der Waals surface area (Å²) < 4.78 is 7.49. The molecule has 2 aromatic heterocycles. The number of aryl methyl sites for hydroxylation is 2. The second-order valence-electron chi connectivity index (χ2n) is 7.25. The van der Waals surface area contributed by atoms with Crippen molar-refractivity contribution < 1.29 is 9.53 Å². The first-order valence-electron chi connectivity index (χ1n) is 9.63. The third-order valence-corrected chi connectivity index (χ3v) is 7.13. The molecule has 8 heteroatoms. The van der Waals surface area contributed by atoms with Crippen molar-refractivity contribution in [3.63, 3.8) is 0 Å². The molecule has 1 aliphatic heterocycles. The monoisotopic (exact) mass is 407 g/mol. The lowest BCUT2D eigenvalue weighted by atomic mass is 10.1. The number of hydrogen-bond donors (Lipinski definition) is 1. The van der Waals surface area contributed by atoms with Gasteiger partial charge in [-0.3, -0.25) is 14.2 Å². The van der Waals surface area contributed by atoms with Crippen molar-refractivity contribution in [2.24, 2.45) is 0 Å². The number of ether oxygens (including phenoxy) is 1. The Kier molecular flexibility index (Phi) is 5.57. The van der Waals surface area contributed by atoms with E-state index in [2.05, 4.69) is 12.2 Å². The summed E-state index contributed by atoms with van der Waals surface area (Å²) in [5.74, 6) is 0.294. The number of carbonyl (C=O) groups is 1. The van der Waals surface area contributed by atoms with Gasteiger partial charge in [0.15, 0.2) is 5.16 Å². The molecule has 2 fully saturated rings. The van der Waals surface area contributed by atoms with Crippen molar-refractivity contribution in [1.29, 1.82) is 0 Å². The third kappa shape index (κ3) is 4.07. The van der Waals surface area contributed by atoms with Crippen LogP contribution in [0, 0.1) is 6.92 Å². The second kappa shape index (κ2) is 7.93. The van der Waals surface area contributed by atoms with Crippen LogP contribution in [0.1, 0.15) is 43.0 Å². The maximum Gasteiger partial charge on any atom is 0.263 e. The fourth-order valence-electron chi connectivity index (χ4n) is 3.55. The minimum atomic E-state index is 0.00167. The Morgan fingerprint density at radius 1 is 1.41 bits per heavy atom. The zero-order chi connectivity index (χ0) is 19.0. The smallest absolute Gasteiger partial charge is 0.263 e. The van der Waals surface area contributed by atoms with Gasteiger partial charge in [0.05, 0.1) is 23.8 Å². The van der Waals surface area contributed by atoms with E-state index < -0.39 is 0 Å². The Balaban J connectivity index is 1.67. The van der Waals surface area contributed by atoms with E-state index in [1.54, 1.807) is 15.9 Å². The quantitative estimate of drug-likeness (QED) is 0.564. The van der Waals surface area contributed by atoms with Crippen LogP contribution in [-0.4, -0.2) is 40.0 Å². The fraction of sp³-hybridized carbons (Fsp3) is 0.632. The molecule has 4 rings (SSSR count). The van der Waals surface area contributed by atoms with E-state index in [1.807, 2.05) is 6.92 Å². The summed E-state index contributed by atoms with van der Waals surface area (Å²) in [4.78, 5) is 32.1. The van der Waals surface area contributed by atoms with Crippen LogP contribution in [-0.2, 0) is 22.5 Å². The average Bonchev–Trinajstić information content (AvgIpc) is 3.17. The molecule has 3 heterocycles. The SMILES string of the molecule is CCc1c(C)sc2nc(SCC(=O)NC3CC3)n(C[C@H]3CCCO3)c(=O)c12. The van der Waals surface area contributed by atoms with E-state index in [9.17, 15) is 9.59 Å². The Morgan fingerprint density at radius 3 is 2.89 bits per heavy atom. The summed E-state index contributed by atoms with van der Waals surface area (Å²) in [6.45, 7) is 5.37. The maximum atomic E-state index is 13.3. The Morgan fingerprint density at radius 2 is 2.22 bits per heavy atom. The first-order valence-corrected chi connectivity index (χ1v) is 11.4.